The van der Waals surface area contributed by atoms with E-state index in [0.29, 0.717) is 17.9 Å². The first-order valence-electron chi connectivity index (χ1n) is 8.70. The number of nitrogens with one attached hydrogen (secondary N) is 3. The lowest BCUT2D eigenvalue weighted by molar-refractivity contribution is -0.140. The van der Waals surface area contributed by atoms with Gasteiger partial charge in [-0.3, -0.25) is 15.0 Å². The van der Waals surface area contributed by atoms with E-state index in [1.54, 1.807) is 19.2 Å². The van der Waals surface area contributed by atoms with E-state index < -0.39 is 36.0 Å². The van der Waals surface area contributed by atoms with Crippen molar-refractivity contribution in [3.63, 3.8) is 0 Å². The van der Waals surface area contributed by atoms with Crippen LogP contribution in [0.15, 0.2) is 48.7 Å². The predicted molar refractivity (Wildman–Crippen MR) is 97.8 cm³/mol. The van der Waals surface area contributed by atoms with Crippen LogP contribution in [0.3, 0.4) is 0 Å². The van der Waals surface area contributed by atoms with Crippen LogP contribution in [-0.4, -0.2) is 46.0 Å². The maximum absolute atomic E-state index is 12.6. The zero-order valence-corrected chi connectivity index (χ0v) is 15.2. The first-order chi connectivity index (χ1) is 13.4. The van der Waals surface area contributed by atoms with Gasteiger partial charge in [0, 0.05) is 6.20 Å². The van der Waals surface area contributed by atoms with Gasteiger partial charge in [-0.15, -0.1) is 0 Å². The number of hydrogen-bond acceptors (Lipinski definition) is 5. The van der Waals surface area contributed by atoms with E-state index in [1.165, 1.54) is 6.07 Å². The Morgan fingerprint density at radius 3 is 2.57 bits per heavy atom. The number of amides is 4. The van der Waals surface area contributed by atoms with Gasteiger partial charge in [0.25, 0.3) is 11.8 Å². The van der Waals surface area contributed by atoms with Crippen molar-refractivity contribution in [3.05, 3.63) is 59.9 Å². The molecule has 0 bridgehead atoms. The fourth-order valence-electron chi connectivity index (χ4n) is 2.82. The van der Waals surface area contributed by atoms with Crippen LogP contribution in [-0.2, 0) is 20.7 Å². The molecule has 1 fully saturated rings. The van der Waals surface area contributed by atoms with Crippen molar-refractivity contribution < 1.29 is 23.9 Å². The molecule has 2 heterocycles. The second-order valence-corrected chi connectivity index (χ2v) is 6.58. The average molecular weight is 384 g/mol. The Kier molecular flexibility index (Phi) is 5.44. The smallest absolute Gasteiger partial charge is 0.355 e. The van der Waals surface area contributed by atoms with Crippen molar-refractivity contribution in [1.29, 1.82) is 0 Å². The number of nitrogens with zero attached hydrogens (tertiary/aromatic N) is 1. The topological polar surface area (TPSA) is 121 Å². The number of rotatable bonds is 7. The molecule has 3 N–H and O–H groups in total. The Morgan fingerprint density at radius 2 is 1.89 bits per heavy atom. The Balaban J connectivity index is 1.54. The fraction of sp³-hybridized carbons (Fsp3) is 0.263. The Labute approximate surface area is 161 Å². The summed E-state index contributed by atoms with van der Waals surface area (Å²) in [6, 6.07) is 11.9. The van der Waals surface area contributed by atoms with Gasteiger partial charge >= 0.3 is 12.0 Å². The van der Waals surface area contributed by atoms with E-state index in [0.717, 1.165) is 5.56 Å². The minimum Gasteiger partial charge on any atom is -0.451 e. The molecule has 2 aromatic rings. The molecule has 9 heteroatoms. The zero-order chi connectivity index (χ0) is 20.1. The first kappa shape index (κ1) is 19.2. The Bertz CT molecular complexity index is 881. The molecule has 146 valence electrons. The maximum Gasteiger partial charge on any atom is 0.355 e. The van der Waals surface area contributed by atoms with Gasteiger partial charge in [-0.05, 0) is 37.5 Å². The number of hydrazine groups is 1. The van der Waals surface area contributed by atoms with Gasteiger partial charge in [-0.1, -0.05) is 30.3 Å². The molecule has 3 rings (SSSR count). The second kappa shape index (κ2) is 7.95. The maximum atomic E-state index is 12.6. The number of urea groups is 1. The van der Waals surface area contributed by atoms with E-state index in [-0.39, 0.29) is 5.69 Å². The second-order valence-electron chi connectivity index (χ2n) is 6.58. The number of ether oxygens (including phenoxy) is 1. The normalized spacial score (nSPS) is 18.7. The molecule has 0 saturated carbocycles. The number of aromatic amines is 1. The average Bonchev–Trinajstić information content (AvgIpc) is 3.29. The van der Waals surface area contributed by atoms with Crippen LogP contribution in [0.25, 0.3) is 0 Å². The summed E-state index contributed by atoms with van der Waals surface area (Å²) >= 11 is 0. The van der Waals surface area contributed by atoms with Gasteiger partial charge in [0.1, 0.15) is 11.2 Å². The van der Waals surface area contributed by atoms with Crippen molar-refractivity contribution in [2.24, 2.45) is 0 Å². The third kappa shape index (κ3) is 4.20. The lowest BCUT2D eigenvalue weighted by atomic mass is 9.93. The molecule has 0 spiro atoms. The van der Waals surface area contributed by atoms with Gasteiger partial charge in [-0.25, -0.2) is 9.59 Å². The highest BCUT2D eigenvalue weighted by atomic mass is 16.5. The Hall–Kier alpha value is -3.62. The quantitative estimate of drug-likeness (QED) is 0.488. The number of benzene rings is 1. The first-order valence-corrected chi connectivity index (χ1v) is 8.70. The summed E-state index contributed by atoms with van der Waals surface area (Å²) in [5, 5.41) is 3.22. The van der Waals surface area contributed by atoms with Gasteiger partial charge in [0.15, 0.2) is 6.61 Å². The summed E-state index contributed by atoms with van der Waals surface area (Å²) in [6.45, 7) is 0.975. The molecule has 0 aliphatic carbocycles. The summed E-state index contributed by atoms with van der Waals surface area (Å²) in [6.07, 6.45) is 2.49. The number of imide groups is 1. The van der Waals surface area contributed by atoms with Crippen molar-refractivity contribution in [3.8, 4) is 0 Å². The number of hydrogen-bond donors (Lipinski definition) is 3. The molecule has 28 heavy (non-hydrogen) atoms. The molecule has 0 unspecified atom stereocenters. The van der Waals surface area contributed by atoms with Gasteiger partial charge in [-0.2, -0.15) is 5.01 Å². The van der Waals surface area contributed by atoms with Crippen LogP contribution in [0, 0.1) is 0 Å². The van der Waals surface area contributed by atoms with Crippen LogP contribution < -0.4 is 10.7 Å². The van der Waals surface area contributed by atoms with E-state index in [4.69, 9.17) is 4.74 Å². The fourth-order valence-corrected chi connectivity index (χ4v) is 2.82. The van der Waals surface area contributed by atoms with Crippen molar-refractivity contribution >= 4 is 23.8 Å². The largest absolute Gasteiger partial charge is 0.451 e. The molecule has 1 atom stereocenters. The lowest BCUT2D eigenvalue weighted by Gasteiger charge is -2.21. The standard InChI is InChI=1S/C19H20N4O5/c1-19(10-9-13-6-3-2-4-7-13)17(26)23(18(27)21-19)22-15(24)12-28-16(25)14-8-5-11-20-14/h2-8,11,20H,9-10,12H2,1H3,(H,21,27)(H,22,24)/t19-/m0/s1. The van der Waals surface area contributed by atoms with Crippen molar-refractivity contribution in [1.82, 2.24) is 20.7 Å². The highest BCUT2D eigenvalue weighted by Gasteiger charge is 2.48. The van der Waals surface area contributed by atoms with Crippen LogP contribution in [0.2, 0.25) is 0 Å². The third-order valence-corrected chi connectivity index (χ3v) is 4.41. The molecular weight excluding hydrogens is 364 g/mol. The van der Waals surface area contributed by atoms with E-state index in [2.05, 4.69) is 15.7 Å². The molecular formula is C19H20N4O5. The molecule has 4 amide bonds. The molecule has 1 aromatic heterocycles. The summed E-state index contributed by atoms with van der Waals surface area (Å²) in [5.74, 6) is -2.08. The summed E-state index contributed by atoms with van der Waals surface area (Å²) in [7, 11) is 0. The molecule has 0 radical (unpaired) electrons. The van der Waals surface area contributed by atoms with Crippen LogP contribution >= 0.6 is 0 Å². The highest BCUT2D eigenvalue weighted by Crippen LogP contribution is 2.22. The zero-order valence-electron chi connectivity index (χ0n) is 15.2. The molecule has 9 nitrogen and oxygen atoms in total. The Morgan fingerprint density at radius 1 is 1.14 bits per heavy atom. The molecule has 1 saturated heterocycles. The number of aromatic nitrogens is 1. The number of H-pyrrole nitrogens is 1. The van der Waals surface area contributed by atoms with Crippen molar-refractivity contribution in [2.45, 2.75) is 25.3 Å². The van der Waals surface area contributed by atoms with E-state index in [9.17, 15) is 19.2 Å². The highest BCUT2D eigenvalue weighted by molar-refractivity contribution is 6.07. The van der Waals surface area contributed by atoms with Crippen molar-refractivity contribution in [2.75, 3.05) is 6.61 Å². The van der Waals surface area contributed by atoms with E-state index >= 15 is 0 Å². The van der Waals surface area contributed by atoms with Crippen LogP contribution in [0.4, 0.5) is 4.79 Å². The minimum absolute atomic E-state index is 0.191. The number of carbonyl (C=O) groups is 4. The SMILES string of the molecule is C[C@@]1(CCc2ccccc2)NC(=O)N(NC(=O)COC(=O)c2ccc[nH]2)C1=O. The minimum atomic E-state index is -1.14. The lowest BCUT2D eigenvalue weighted by Crippen LogP contribution is -2.50. The monoisotopic (exact) mass is 384 g/mol. The number of carbonyl (C=O) groups excluding carboxylic acids is 4. The summed E-state index contributed by atoms with van der Waals surface area (Å²) < 4.78 is 4.83. The molecule has 1 aliphatic heterocycles. The predicted octanol–water partition coefficient (Wildman–Crippen LogP) is 1.15. The summed E-state index contributed by atoms with van der Waals surface area (Å²) in [5.41, 5.74) is 2.26. The van der Waals surface area contributed by atoms with Crippen LogP contribution in [0.1, 0.15) is 29.4 Å². The van der Waals surface area contributed by atoms with Gasteiger partial charge < -0.3 is 15.0 Å². The summed E-state index contributed by atoms with van der Waals surface area (Å²) in [4.78, 5) is 51.1. The van der Waals surface area contributed by atoms with E-state index in [1.807, 2.05) is 30.3 Å². The number of aryl methyl sites for hydroxylation is 1. The van der Waals surface area contributed by atoms with Gasteiger partial charge in [0.05, 0.1) is 0 Å². The molecule has 1 aliphatic rings. The number of esters is 1. The van der Waals surface area contributed by atoms with Crippen LogP contribution in [0.5, 0.6) is 0 Å². The third-order valence-electron chi connectivity index (χ3n) is 4.41. The molecule has 1 aromatic carbocycles. The van der Waals surface area contributed by atoms with Gasteiger partial charge in [0.2, 0.25) is 0 Å².